The van der Waals surface area contributed by atoms with Crippen LogP contribution in [0.4, 0.5) is 10.5 Å². The minimum atomic E-state index is -0.533. The lowest BCUT2D eigenvalue weighted by molar-refractivity contribution is -0.127. The molecule has 0 atom stereocenters. The molecular weight excluding hydrogens is 516 g/mol. The standard InChI is InChI=1S/C27H21ClN2O6S/c28-21-7-2-1-5-18(21)16-36-20-6-3-4-17(12-20)13-24-26(32)30(27(33)37-24)15-25(31)29-19-8-9-22-23(14-19)35-11-10-34-22/h1-9,12-14H,10-11,15-16H2,(H,29,31)/b24-13+. The van der Waals surface area contributed by atoms with Crippen molar-refractivity contribution in [3.63, 3.8) is 0 Å². The van der Waals surface area contributed by atoms with E-state index < -0.39 is 23.6 Å². The number of amides is 3. The number of rotatable bonds is 7. The van der Waals surface area contributed by atoms with Gasteiger partial charge in [0, 0.05) is 22.3 Å². The number of halogens is 1. The summed E-state index contributed by atoms with van der Waals surface area (Å²) in [6, 6.07) is 19.6. The van der Waals surface area contributed by atoms with Gasteiger partial charge in [-0.25, -0.2) is 0 Å². The van der Waals surface area contributed by atoms with Gasteiger partial charge in [0.15, 0.2) is 11.5 Å². The van der Waals surface area contributed by atoms with Gasteiger partial charge in [-0.3, -0.25) is 19.3 Å². The highest BCUT2D eigenvalue weighted by Crippen LogP contribution is 2.34. The first-order valence-corrected chi connectivity index (χ1v) is 12.6. The van der Waals surface area contributed by atoms with Gasteiger partial charge in [-0.2, -0.15) is 0 Å². The van der Waals surface area contributed by atoms with Crippen LogP contribution in [0.15, 0.2) is 71.6 Å². The summed E-state index contributed by atoms with van der Waals surface area (Å²) in [5.41, 5.74) is 2.01. The lowest BCUT2D eigenvalue weighted by Crippen LogP contribution is -2.36. The van der Waals surface area contributed by atoms with Crippen LogP contribution in [0.25, 0.3) is 6.08 Å². The molecule has 37 heavy (non-hydrogen) atoms. The Morgan fingerprint density at radius 1 is 1.03 bits per heavy atom. The van der Waals surface area contributed by atoms with Crippen LogP contribution in [0.1, 0.15) is 11.1 Å². The van der Waals surface area contributed by atoms with Crippen molar-refractivity contribution in [3.8, 4) is 17.2 Å². The Morgan fingerprint density at radius 2 is 1.84 bits per heavy atom. The fourth-order valence-corrected chi connectivity index (χ4v) is 4.75. The highest BCUT2D eigenvalue weighted by molar-refractivity contribution is 8.18. The van der Waals surface area contributed by atoms with Crippen LogP contribution < -0.4 is 19.5 Å². The summed E-state index contributed by atoms with van der Waals surface area (Å²) in [5.74, 6) is 0.673. The molecular formula is C27H21ClN2O6S. The third kappa shape index (κ3) is 5.90. The number of anilines is 1. The number of carbonyl (C=O) groups is 3. The molecule has 0 saturated carbocycles. The predicted octanol–water partition coefficient (Wildman–Crippen LogP) is 5.37. The predicted molar refractivity (Wildman–Crippen MR) is 141 cm³/mol. The fourth-order valence-electron chi connectivity index (χ4n) is 3.72. The average molecular weight is 537 g/mol. The Hall–Kier alpha value is -3.95. The zero-order valence-electron chi connectivity index (χ0n) is 19.4. The first-order chi connectivity index (χ1) is 18.0. The zero-order chi connectivity index (χ0) is 25.8. The van der Waals surface area contributed by atoms with Crippen molar-refractivity contribution < 1.29 is 28.6 Å². The van der Waals surface area contributed by atoms with Gasteiger partial charge in [-0.1, -0.05) is 41.9 Å². The Bertz CT molecular complexity index is 1410. The van der Waals surface area contributed by atoms with E-state index in [4.69, 9.17) is 25.8 Å². The van der Waals surface area contributed by atoms with Crippen LogP contribution in [0.2, 0.25) is 5.02 Å². The van der Waals surface area contributed by atoms with Crippen molar-refractivity contribution in [2.24, 2.45) is 0 Å². The normalized spacial score (nSPS) is 15.7. The number of hydrogen-bond donors (Lipinski definition) is 1. The first kappa shape index (κ1) is 24.7. The smallest absolute Gasteiger partial charge is 0.294 e. The molecule has 1 N–H and O–H groups in total. The first-order valence-electron chi connectivity index (χ1n) is 11.4. The molecule has 0 radical (unpaired) electrons. The largest absolute Gasteiger partial charge is 0.489 e. The minimum Gasteiger partial charge on any atom is -0.489 e. The molecule has 5 rings (SSSR count). The third-order valence-electron chi connectivity index (χ3n) is 5.51. The molecule has 0 aliphatic carbocycles. The lowest BCUT2D eigenvalue weighted by atomic mass is 10.2. The molecule has 2 heterocycles. The Balaban J connectivity index is 1.22. The molecule has 0 unspecified atom stereocenters. The number of benzene rings is 3. The molecule has 0 spiro atoms. The summed E-state index contributed by atoms with van der Waals surface area (Å²) in [4.78, 5) is 39.1. The van der Waals surface area contributed by atoms with Gasteiger partial charge < -0.3 is 19.5 Å². The van der Waals surface area contributed by atoms with Crippen LogP contribution in [0.3, 0.4) is 0 Å². The van der Waals surface area contributed by atoms with Crippen molar-refractivity contribution in [2.45, 2.75) is 6.61 Å². The molecule has 10 heteroatoms. The summed E-state index contributed by atoms with van der Waals surface area (Å²) < 4.78 is 16.8. The van der Waals surface area contributed by atoms with Crippen LogP contribution in [0, 0.1) is 0 Å². The second-order valence-corrected chi connectivity index (χ2v) is 9.53. The van der Waals surface area contributed by atoms with Crippen molar-refractivity contribution in [2.75, 3.05) is 25.1 Å². The number of imide groups is 1. The summed E-state index contributed by atoms with van der Waals surface area (Å²) >= 11 is 6.97. The number of ether oxygens (including phenoxy) is 3. The monoisotopic (exact) mass is 536 g/mol. The Kier molecular flexibility index (Phi) is 7.34. The van der Waals surface area contributed by atoms with E-state index in [2.05, 4.69) is 5.32 Å². The number of nitrogens with one attached hydrogen (secondary N) is 1. The highest BCUT2D eigenvalue weighted by Gasteiger charge is 2.36. The van der Waals surface area contributed by atoms with E-state index in [1.165, 1.54) is 0 Å². The molecule has 1 saturated heterocycles. The quantitative estimate of drug-likeness (QED) is 0.406. The molecule has 3 amide bonds. The van der Waals surface area contributed by atoms with Crippen LogP contribution in [0.5, 0.6) is 17.2 Å². The summed E-state index contributed by atoms with van der Waals surface area (Å²) in [5, 5.41) is 2.79. The number of carbonyl (C=O) groups excluding carboxylic acids is 3. The average Bonchev–Trinajstić information content (AvgIpc) is 3.15. The van der Waals surface area contributed by atoms with Crippen molar-refractivity contribution in [3.05, 3.63) is 87.8 Å². The minimum absolute atomic E-state index is 0.223. The molecule has 3 aromatic rings. The maximum Gasteiger partial charge on any atom is 0.294 e. The number of nitrogens with zero attached hydrogens (tertiary/aromatic N) is 1. The van der Waals surface area contributed by atoms with Gasteiger partial charge in [0.2, 0.25) is 5.91 Å². The van der Waals surface area contributed by atoms with Gasteiger partial charge >= 0.3 is 0 Å². The van der Waals surface area contributed by atoms with Crippen molar-refractivity contribution in [1.82, 2.24) is 4.90 Å². The van der Waals surface area contributed by atoms with Crippen molar-refractivity contribution in [1.29, 1.82) is 0 Å². The van der Waals surface area contributed by atoms with Gasteiger partial charge in [-0.05, 0) is 53.7 Å². The fraction of sp³-hybridized carbons (Fsp3) is 0.148. The Labute approximate surface area is 222 Å². The van der Waals surface area contributed by atoms with E-state index in [-0.39, 0.29) is 11.5 Å². The number of hydrogen-bond acceptors (Lipinski definition) is 7. The molecule has 1 fully saturated rings. The molecule has 8 nitrogen and oxygen atoms in total. The zero-order valence-corrected chi connectivity index (χ0v) is 21.0. The molecule has 3 aromatic carbocycles. The molecule has 2 aliphatic heterocycles. The van der Waals surface area contributed by atoms with Crippen LogP contribution in [-0.2, 0) is 16.2 Å². The summed E-state index contributed by atoms with van der Waals surface area (Å²) in [6.45, 7) is 0.769. The second kappa shape index (κ2) is 11.0. The van der Waals surface area contributed by atoms with E-state index in [1.807, 2.05) is 18.2 Å². The van der Waals surface area contributed by atoms with E-state index in [0.717, 1.165) is 22.2 Å². The van der Waals surface area contributed by atoms with Crippen molar-refractivity contribution >= 4 is 52.2 Å². The van der Waals surface area contributed by atoms with Crippen LogP contribution in [-0.4, -0.2) is 41.7 Å². The van der Waals surface area contributed by atoms with Gasteiger partial charge in [0.1, 0.15) is 32.1 Å². The highest BCUT2D eigenvalue weighted by atomic mass is 35.5. The van der Waals surface area contributed by atoms with E-state index >= 15 is 0 Å². The summed E-state index contributed by atoms with van der Waals surface area (Å²) in [7, 11) is 0. The lowest BCUT2D eigenvalue weighted by Gasteiger charge is -2.19. The number of fused-ring (bicyclic) bond motifs is 1. The number of thioether (sulfide) groups is 1. The van der Waals surface area contributed by atoms with Crippen LogP contribution >= 0.6 is 23.4 Å². The van der Waals surface area contributed by atoms with E-state index in [9.17, 15) is 14.4 Å². The van der Waals surface area contributed by atoms with E-state index in [0.29, 0.717) is 46.7 Å². The second-order valence-electron chi connectivity index (χ2n) is 8.13. The molecule has 188 valence electrons. The van der Waals surface area contributed by atoms with Gasteiger partial charge in [0.25, 0.3) is 11.1 Å². The van der Waals surface area contributed by atoms with Gasteiger partial charge in [-0.15, -0.1) is 0 Å². The maximum atomic E-state index is 12.9. The topological polar surface area (TPSA) is 94.2 Å². The molecule has 0 bridgehead atoms. The van der Waals surface area contributed by atoms with E-state index in [1.54, 1.807) is 54.6 Å². The molecule has 2 aliphatic rings. The van der Waals surface area contributed by atoms with Gasteiger partial charge in [0.05, 0.1) is 4.91 Å². The SMILES string of the molecule is O=C(CN1C(=O)S/C(=C/c2cccc(OCc3ccccc3Cl)c2)C1=O)Nc1ccc2c(c1)OCCO2. The molecule has 0 aromatic heterocycles. The third-order valence-corrected chi connectivity index (χ3v) is 6.79. The Morgan fingerprint density at radius 3 is 2.68 bits per heavy atom. The maximum absolute atomic E-state index is 12.9. The summed E-state index contributed by atoms with van der Waals surface area (Å²) in [6.07, 6.45) is 1.60.